The van der Waals surface area contributed by atoms with E-state index in [0.29, 0.717) is 18.8 Å². The fraction of sp³-hybridized carbons (Fsp3) is 0.286. The number of hydrogen-bond donors (Lipinski definition) is 1. The molecule has 30 heavy (non-hydrogen) atoms. The highest BCUT2D eigenvalue weighted by molar-refractivity contribution is 5.85. The van der Waals surface area contributed by atoms with Crippen molar-refractivity contribution in [2.45, 2.75) is 12.7 Å². The predicted octanol–water partition coefficient (Wildman–Crippen LogP) is 5.26. The molecule has 1 aliphatic heterocycles. The van der Waals surface area contributed by atoms with E-state index in [1.54, 1.807) is 6.07 Å². The van der Waals surface area contributed by atoms with Crippen LogP contribution >= 0.6 is 24.8 Å². The minimum absolute atomic E-state index is 0. The summed E-state index contributed by atoms with van der Waals surface area (Å²) in [6.07, 6.45) is -2.46. The first-order valence-electron chi connectivity index (χ1n) is 9.23. The maximum Gasteiger partial charge on any atom is 0.416 e. The van der Waals surface area contributed by atoms with Crippen LogP contribution < -0.4 is 4.90 Å². The summed E-state index contributed by atoms with van der Waals surface area (Å²) < 4.78 is 38.8. The Labute approximate surface area is 185 Å². The molecule has 2 aromatic carbocycles. The van der Waals surface area contributed by atoms with Crippen LogP contribution in [0.2, 0.25) is 0 Å². The van der Waals surface area contributed by atoms with E-state index in [2.05, 4.69) is 14.9 Å². The highest BCUT2D eigenvalue weighted by atomic mass is 35.5. The Morgan fingerprint density at radius 3 is 2.27 bits per heavy atom. The highest BCUT2D eigenvalue weighted by Crippen LogP contribution is 2.32. The SMILES string of the molecule is Cl.Cl.FC(F)(F)c1cccc(N2CCN(Cc3cnc(-c4ccccc4)[nH]3)CC2)c1. The molecular formula is C21H23Cl2F3N4. The third kappa shape index (κ3) is 5.68. The van der Waals surface area contributed by atoms with E-state index < -0.39 is 11.7 Å². The number of aromatic amines is 1. The van der Waals surface area contributed by atoms with Gasteiger partial charge in [0.2, 0.25) is 0 Å². The number of rotatable bonds is 4. The normalized spacial score (nSPS) is 14.7. The molecule has 0 unspecified atom stereocenters. The summed E-state index contributed by atoms with van der Waals surface area (Å²) in [4.78, 5) is 12.1. The predicted molar refractivity (Wildman–Crippen MR) is 117 cm³/mol. The van der Waals surface area contributed by atoms with Crippen LogP contribution in [0.3, 0.4) is 0 Å². The first-order valence-corrected chi connectivity index (χ1v) is 9.23. The molecule has 4 nitrogen and oxygen atoms in total. The van der Waals surface area contributed by atoms with Crippen molar-refractivity contribution in [3.63, 3.8) is 0 Å². The van der Waals surface area contributed by atoms with Crippen molar-refractivity contribution in [2.24, 2.45) is 0 Å². The Hall–Kier alpha value is -2.22. The van der Waals surface area contributed by atoms with E-state index in [-0.39, 0.29) is 24.8 Å². The zero-order chi connectivity index (χ0) is 19.6. The second-order valence-corrected chi connectivity index (χ2v) is 6.93. The summed E-state index contributed by atoms with van der Waals surface area (Å²) in [5.41, 5.74) is 2.11. The van der Waals surface area contributed by atoms with Crippen LogP contribution in [0.4, 0.5) is 18.9 Å². The number of H-pyrrole nitrogens is 1. The van der Waals surface area contributed by atoms with Gasteiger partial charge in [0.05, 0.1) is 5.56 Å². The van der Waals surface area contributed by atoms with Crippen molar-refractivity contribution in [3.05, 3.63) is 72.1 Å². The lowest BCUT2D eigenvalue weighted by Crippen LogP contribution is -2.46. The monoisotopic (exact) mass is 458 g/mol. The first kappa shape index (κ1) is 24.1. The molecular weight excluding hydrogens is 436 g/mol. The van der Waals surface area contributed by atoms with E-state index in [1.165, 1.54) is 12.1 Å². The van der Waals surface area contributed by atoms with Gasteiger partial charge < -0.3 is 9.88 Å². The number of anilines is 1. The molecule has 1 N–H and O–H groups in total. The maximum absolute atomic E-state index is 12.9. The van der Waals surface area contributed by atoms with E-state index in [0.717, 1.165) is 42.8 Å². The van der Waals surface area contributed by atoms with E-state index >= 15 is 0 Å². The van der Waals surface area contributed by atoms with Gasteiger partial charge in [-0.3, -0.25) is 4.90 Å². The van der Waals surface area contributed by atoms with E-state index in [9.17, 15) is 13.2 Å². The van der Waals surface area contributed by atoms with Crippen LogP contribution in [0.15, 0.2) is 60.8 Å². The standard InChI is InChI=1S/C21H21F3N4.2ClH/c22-21(23,24)17-7-4-8-19(13-17)28-11-9-27(10-12-28)15-18-14-25-20(26-18)16-5-2-1-3-6-16;;/h1-8,13-14H,9-12,15H2,(H,25,26);2*1H. The largest absolute Gasteiger partial charge is 0.416 e. The molecule has 0 radical (unpaired) electrons. The van der Waals surface area contributed by atoms with Gasteiger partial charge in [0.25, 0.3) is 0 Å². The summed E-state index contributed by atoms with van der Waals surface area (Å²) in [6.45, 7) is 3.71. The molecule has 0 saturated carbocycles. The zero-order valence-electron chi connectivity index (χ0n) is 16.1. The van der Waals surface area contributed by atoms with Gasteiger partial charge in [0.15, 0.2) is 0 Å². The second kappa shape index (κ2) is 10.2. The molecule has 162 valence electrons. The van der Waals surface area contributed by atoms with Gasteiger partial charge in [-0.05, 0) is 18.2 Å². The Bertz CT molecular complexity index is 923. The van der Waals surface area contributed by atoms with Crippen LogP contribution in [-0.4, -0.2) is 41.0 Å². The van der Waals surface area contributed by atoms with Gasteiger partial charge in [0, 0.05) is 55.9 Å². The fourth-order valence-electron chi connectivity index (χ4n) is 3.47. The second-order valence-electron chi connectivity index (χ2n) is 6.93. The van der Waals surface area contributed by atoms with Gasteiger partial charge >= 0.3 is 6.18 Å². The Balaban J connectivity index is 0.00000160. The maximum atomic E-state index is 12.9. The molecule has 1 aliphatic rings. The summed E-state index contributed by atoms with van der Waals surface area (Å²) >= 11 is 0. The van der Waals surface area contributed by atoms with Gasteiger partial charge in [-0.25, -0.2) is 4.98 Å². The van der Waals surface area contributed by atoms with Crippen LogP contribution in [0, 0.1) is 0 Å². The lowest BCUT2D eigenvalue weighted by Gasteiger charge is -2.36. The summed E-state index contributed by atoms with van der Waals surface area (Å²) in [7, 11) is 0. The van der Waals surface area contributed by atoms with Crippen LogP contribution in [0.5, 0.6) is 0 Å². The van der Waals surface area contributed by atoms with Crippen molar-refractivity contribution < 1.29 is 13.2 Å². The Morgan fingerprint density at radius 1 is 0.900 bits per heavy atom. The van der Waals surface area contributed by atoms with Crippen LogP contribution in [0.1, 0.15) is 11.3 Å². The third-order valence-corrected chi connectivity index (χ3v) is 4.98. The molecule has 1 saturated heterocycles. The molecule has 2 heterocycles. The quantitative estimate of drug-likeness (QED) is 0.578. The minimum atomic E-state index is -4.31. The van der Waals surface area contributed by atoms with Gasteiger partial charge in [-0.15, -0.1) is 24.8 Å². The van der Waals surface area contributed by atoms with Crippen molar-refractivity contribution in [2.75, 3.05) is 31.1 Å². The van der Waals surface area contributed by atoms with Crippen molar-refractivity contribution >= 4 is 30.5 Å². The van der Waals surface area contributed by atoms with Crippen molar-refractivity contribution in [1.29, 1.82) is 0 Å². The number of benzene rings is 2. The molecule has 9 heteroatoms. The molecule has 0 bridgehead atoms. The minimum Gasteiger partial charge on any atom is -0.369 e. The number of imidazole rings is 1. The van der Waals surface area contributed by atoms with E-state index in [1.807, 2.05) is 41.4 Å². The van der Waals surface area contributed by atoms with Gasteiger partial charge in [-0.1, -0.05) is 36.4 Å². The molecule has 0 aliphatic carbocycles. The average molecular weight is 459 g/mol. The number of halogens is 5. The zero-order valence-corrected chi connectivity index (χ0v) is 17.7. The Kier molecular flexibility index (Phi) is 8.18. The molecule has 0 amide bonds. The summed E-state index contributed by atoms with van der Waals surface area (Å²) in [5.74, 6) is 0.846. The summed E-state index contributed by atoms with van der Waals surface area (Å²) in [6, 6.07) is 15.5. The molecule has 0 atom stereocenters. The smallest absolute Gasteiger partial charge is 0.369 e. The first-order chi connectivity index (χ1) is 13.5. The molecule has 0 spiro atoms. The average Bonchev–Trinajstić information content (AvgIpc) is 3.17. The van der Waals surface area contributed by atoms with Crippen molar-refractivity contribution in [3.8, 4) is 11.4 Å². The number of aromatic nitrogens is 2. The number of nitrogens with zero attached hydrogens (tertiary/aromatic N) is 3. The molecule has 3 aromatic rings. The van der Waals surface area contributed by atoms with Crippen LogP contribution in [-0.2, 0) is 12.7 Å². The van der Waals surface area contributed by atoms with Gasteiger partial charge in [-0.2, -0.15) is 13.2 Å². The lowest BCUT2D eigenvalue weighted by molar-refractivity contribution is -0.137. The third-order valence-electron chi connectivity index (χ3n) is 4.98. The number of hydrogen-bond acceptors (Lipinski definition) is 3. The lowest BCUT2D eigenvalue weighted by atomic mass is 10.1. The molecule has 4 rings (SSSR count). The highest BCUT2D eigenvalue weighted by Gasteiger charge is 2.31. The Morgan fingerprint density at radius 2 is 1.60 bits per heavy atom. The van der Waals surface area contributed by atoms with Crippen LogP contribution in [0.25, 0.3) is 11.4 Å². The molecule has 1 aromatic heterocycles. The van der Waals surface area contributed by atoms with Gasteiger partial charge in [0.1, 0.15) is 5.82 Å². The van der Waals surface area contributed by atoms with E-state index in [4.69, 9.17) is 0 Å². The number of alkyl halides is 3. The summed E-state index contributed by atoms with van der Waals surface area (Å²) in [5, 5.41) is 0. The number of nitrogens with one attached hydrogen (secondary N) is 1. The molecule has 1 fully saturated rings. The fourth-order valence-corrected chi connectivity index (χ4v) is 3.47. The van der Waals surface area contributed by atoms with Crippen molar-refractivity contribution in [1.82, 2.24) is 14.9 Å². The topological polar surface area (TPSA) is 35.2 Å². The number of piperazine rings is 1.